The Bertz CT molecular complexity index is 307. The van der Waals surface area contributed by atoms with Crippen molar-refractivity contribution in [3.63, 3.8) is 0 Å². The van der Waals surface area contributed by atoms with Gasteiger partial charge in [0.15, 0.2) is 0 Å². The lowest BCUT2D eigenvalue weighted by molar-refractivity contribution is -0.141. The molecule has 5 nitrogen and oxygen atoms in total. The molecule has 0 aromatic rings. The van der Waals surface area contributed by atoms with E-state index >= 15 is 0 Å². The predicted octanol–water partition coefficient (Wildman–Crippen LogP) is 1.45. The Kier molecular flexibility index (Phi) is 7.75. The largest absolute Gasteiger partial charge is 0.461 e. The van der Waals surface area contributed by atoms with Crippen LogP contribution in [0.5, 0.6) is 0 Å². The highest BCUT2D eigenvalue weighted by Crippen LogP contribution is 2.10. The minimum atomic E-state index is -0.502. The molecule has 0 aliphatic rings. The molecule has 0 aliphatic heterocycles. The average molecular weight is 269 g/mol. The van der Waals surface area contributed by atoms with Gasteiger partial charge in [-0.15, -0.1) is 0 Å². The molecule has 0 aromatic heterocycles. The van der Waals surface area contributed by atoms with Crippen LogP contribution in [0, 0.1) is 5.41 Å². The fraction of sp³-hybridized carbons (Fsp3) is 0.571. The zero-order valence-electron chi connectivity index (χ0n) is 11.9. The van der Waals surface area contributed by atoms with E-state index in [0.29, 0.717) is 6.54 Å². The van der Waals surface area contributed by atoms with Gasteiger partial charge in [0.1, 0.15) is 13.2 Å². The number of rotatable bonds is 8. The van der Waals surface area contributed by atoms with Gasteiger partial charge in [0.2, 0.25) is 0 Å². The van der Waals surface area contributed by atoms with Crippen molar-refractivity contribution in [3.05, 3.63) is 25.3 Å². The molecule has 0 radical (unpaired) electrons. The van der Waals surface area contributed by atoms with Gasteiger partial charge in [0.05, 0.1) is 6.04 Å². The van der Waals surface area contributed by atoms with Crippen molar-refractivity contribution in [2.75, 3.05) is 19.8 Å². The maximum Gasteiger partial charge on any atom is 0.330 e. The van der Waals surface area contributed by atoms with Crippen LogP contribution in [0.3, 0.4) is 0 Å². The van der Waals surface area contributed by atoms with Crippen LogP contribution in [0.4, 0.5) is 0 Å². The summed E-state index contributed by atoms with van der Waals surface area (Å²) in [7, 11) is 0. The zero-order valence-corrected chi connectivity index (χ0v) is 11.9. The van der Waals surface area contributed by atoms with E-state index in [1.165, 1.54) is 0 Å². The standard InChI is InChI=1S/C14H23NO4/c1-6-12(16)18-8-11(9-19-13(17)7-2)15-10-14(3,4)5/h6-7,11,15H,1-2,8-10H2,3-5H3. The summed E-state index contributed by atoms with van der Waals surface area (Å²) < 4.78 is 9.90. The van der Waals surface area contributed by atoms with Gasteiger partial charge in [0.25, 0.3) is 0 Å². The Balaban J connectivity index is 4.28. The van der Waals surface area contributed by atoms with Crippen LogP contribution in [0.15, 0.2) is 25.3 Å². The number of hydrogen-bond donors (Lipinski definition) is 1. The Morgan fingerprint density at radius 1 is 1.11 bits per heavy atom. The second kappa shape index (κ2) is 8.48. The van der Waals surface area contributed by atoms with Crippen molar-refractivity contribution in [3.8, 4) is 0 Å². The third-order valence-electron chi connectivity index (χ3n) is 2.11. The van der Waals surface area contributed by atoms with E-state index in [0.717, 1.165) is 12.2 Å². The molecule has 0 amide bonds. The summed E-state index contributed by atoms with van der Waals surface area (Å²) in [6.45, 7) is 13.8. The molecule has 0 atom stereocenters. The van der Waals surface area contributed by atoms with Crippen LogP contribution < -0.4 is 5.32 Å². The molecule has 0 saturated heterocycles. The SMILES string of the molecule is C=CC(=O)OCC(COC(=O)C=C)NCC(C)(C)C. The minimum Gasteiger partial charge on any atom is -0.461 e. The first-order chi connectivity index (χ1) is 8.78. The van der Waals surface area contributed by atoms with E-state index in [4.69, 9.17) is 9.47 Å². The van der Waals surface area contributed by atoms with Gasteiger partial charge in [-0.05, 0) is 5.41 Å². The first-order valence-corrected chi connectivity index (χ1v) is 6.10. The van der Waals surface area contributed by atoms with E-state index in [1.54, 1.807) is 0 Å². The summed E-state index contributed by atoms with van der Waals surface area (Å²) in [6, 6.07) is -0.257. The average Bonchev–Trinajstić information content (AvgIpc) is 2.35. The lowest BCUT2D eigenvalue weighted by Crippen LogP contribution is -2.42. The minimum absolute atomic E-state index is 0.0726. The van der Waals surface area contributed by atoms with Gasteiger partial charge < -0.3 is 14.8 Å². The normalized spacial score (nSPS) is 10.9. The highest BCUT2D eigenvalue weighted by Gasteiger charge is 2.17. The topological polar surface area (TPSA) is 64.6 Å². The third kappa shape index (κ3) is 10.0. The van der Waals surface area contributed by atoms with Crippen molar-refractivity contribution in [1.29, 1.82) is 0 Å². The first kappa shape index (κ1) is 17.4. The van der Waals surface area contributed by atoms with Gasteiger partial charge in [-0.1, -0.05) is 33.9 Å². The molecule has 1 N–H and O–H groups in total. The second-order valence-electron chi connectivity index (χ2n) is 5.31. The van der Waals surface area contributed by atoms with Gasteiger partial charge >= 0.3 is 11.9 Å². The van der Waals surface area contributed by atoms with Gasteiger partial charge in [-0.25, -0.2) is 9.59 Å². The van der Waals surface area contributed by atoms with Crippen molar-refractivity contribution in [2.45, 2.75) is 26.8 Å². The molecular weight excluding hydrogens is 246 g/mol. The lowest BCUT2D eigenvalue weighted by atomic mass is 9.96. The van der Waals surface area contributed by atoms with Crippen LogP contribution in [-0.4, -0.2) is 37.7 Å². The lowest BCUT2D eigenvalue weighted by Gasteiger charge is -2.24. The van der Waals surface area contributed by atoms with E-state index in [9.17, 15) is 9.59 Å². The summed E-state index contributed by atoms with van der Waals surface area (Å²) in [4.78, 5) is 22.0. The van der Waals surface area contributed by atoms with Gasteiger partial charge in [0, 0.05) is 18.7 Å². The fourth-order valence-electron chi connectivity index (χ4n) is 1.10. The second-order valence-corrected chi connectivity index (χ2v) is 5.31. The summed E-state index contributed by atoms with van der Waals surface area (Å²) in [5.41, 5.74) is 0.0726. The number of esters is 2. The molecule has 0 bridgehead atoms. The molecule has 0 spiro atoms. The molecule has 0 rings (SSSR count). The van der Waals surface area contributed by atoms with E-state index in [1.807, 2.05) is 0 Å². The van der Waals surface area contributed by atoms with Crippen LogP contribution in [0.25, 0.3) is 0 Å². The molecule has 0 saturated carbocycles. The first-order valence-electron chi connectivity index (χ1n) is 6.10. The Morgan fingerprint density at radius 3 is 1.84 bits per heavy atom. The fourth-order valence-corrected chi connectivity index (χ4v) is 1.10. The predicted molar refractivity (Wildman–Crippen MR) is 73.6 cm³/mol. The van der Waals surface area contributed by atoms with E-state index < -0.39 is 11.9 Å². The maximum absolute atomic E-state index is 11.0. The Morgan fingerprint density at radius 2 is 1.53 bits per heavy atom. The van der Waals surface area contributed by atoms with Crippen LogP contribution >= 0.6 is 0 Å². The van der Waals surface area contributed by atoms with Crippen molar-refractivity contribution >= 4 is 11.9 Å². The number of carbonyl (C=O) groups is 2. The summed E-state index contributed by atoms with van der Waals surface area (Å²) in [5, 5.41) is 3.20. The molecular formula is C14H23NO4. The van der Waals surface area contributed by atoms with Crippen molar-refractivity contribution in [2.24, 2.45) is 5.41 Å². The molecule has 0 heterocycles. The van der Waals surface area contributed by atoms with E-state index in [-0.39, 0.29) is 24.7 Å². The highest BCUT2D eigenvalue weighted by atomic mass is 16.5. The molecule has 0 aliphatic carbocycles. The quantitative estimate of drug-likeness (QED) is 0.533. The Labute approximate surface area is 114 Å². The molecule has 5 heteroatoms. The molecule has 0 aromatic carbocycles. The number of ether oxygens (including phenoxy) is 2. The van der Waals surface area contributed by atoms with Crippen LogP contribution in [-0.2, 0) is 19.1 Å². The smallest absolute Gasteiger partial charge is 0.330 e. The maximum atomic E-state index is 11.0. The number of carbonyl (C=O) groups excluding carboxylic acids is 2. The van der Waals surface area contributed by atoms with E-state index in [2.05, 4.69) is 39.2 Å². The summed E-state index contributed by atoms with van der Waals surface area (Å²) >= 11 is 0. The monoisotopic (exact) mass is 269 g/mol. The third-order valence-corrected chi connectivity index (χ3v) is 2.11. The molecule has 108 valence electrons. The Hall–Kier alpha value is -1.62. The molecule has 19 heavy (non-hydrogen) atoms. The molecule has 0 fully saturated rings. The summed E-state index contributed by atoms with van der Waals surface area (Å²) in [5.74, 6) is -1.00. The van der Waals surface area contributed by atoms with Crippen LogP contribution in [0.2, 0.25) is 0 Å². The zero-order chi connectivity index (χ0) is 14.9. The summed E-state index contributed by atoms with van der Waals surface area (Å²) in [6.07, 6.45) is 2.19. The van der Waals surface area contributed by atoms with Gasteiger partial charge in [-0.2, -0.15) is 0 Å². The highest BCUT2D eigenvalue weighted by molar-refractivity contribution is 5.81. The van der Waals surface area contributed by atoms with Crippen LogP contribution in [0.1, 0.15) is 20.8 Å². The number of hydrogen-bond acceptors (Lipinski definition) is 5. The van der Waals surface area contributed by atoms with Crippen molar-refractivity contribution in [1.82, 2.24) is 5.32 Å². The van der Waals surface area contributed by atoms with Gasteiger partial charge in [-0.3, -0.25) is 0 Å². The van der Waals surface area contributed by atoms with Crippen molar-refractivity contribution < 1.29 is 19.1 Å². The number of nitrogens with one attached hydrogen (secondary N) is 1. The molecule has 0 unspecified atom stereocenters.